The summed E-state index contributed by atoms with van der Waals surface area (Å²) < 4.78 is 0. The first-order valence-corrected chi connectivity index (χ1v) is 6.99. The Balaban J connectivity index is 2.49. The van der Waals surface area contributed by atoms with Crippen molar-refractivity contribution in [3.05, 3.63) is 34.9 Å². The zero-order valence-corrected chi connectivity index (χ0v) is 11.9. The van der Waals surface area contributed by atoms with Crippen molar-refractivity contribution < 1.29 is 0 Å². The van der Waals surface area contributed by atoms with Crippen LogP contribution in [0.15, 0.2) is 24.3 Å². The maximum absolute atomic E-state index is 6.17. The molecule has 0 saturated heterocycles. The zero-order valence-electron chi connectivity index (χ0n) is 11.2. The molecule has 0 aromatic heterocycles. The number of halogens is 1. The topological polar surface area (TPSA) is 12.0 Å². The Hall–Kier alpha value is -0.530. The number of hydrogen-bond acceptors (Lipinski definition) is 1. The molecule has 0 saturated carbocycles. The van der Waals surface area contributed by atoms with Crippen molar-refractivity contribution >= 4 is 11.6 Å². The second kappa shape index (κ2) is 7.73. The van der Waals surface area contributed by atoms with Gasteiger partial charge in [0.05, 0.1) is 0 Å². The number of aryl methyl sites for hydroxylation is 1. The Bertz CT molecular complexity index is 322. The Labute approximate surface area is 111 Å². The van der Waals surface area contributed by atoms with Crippen LogP contribution < -0.4 is 5.32 Å². The predicted molar refractivity (Wildman–Crippen MR) is 76.7 cm³/mol. The zero-order chi connectivity index (χ0) is 12.7. The van der Waals surface area contributed by atoms with Gasteiger partial charge in [-0.25, -0.2) is 0 Å². The summed E-state index contributed by atoms with van der Waals surface area (Å²) in [6, 6.07) is 8.73. The molecule has 17 heavy (non-hydrogen) atoms. The highest BCUT2D eigenvalue weighted by Gasteiger charge is 2.12. The quantitative estimate of drug-likeness (QED) is 0.764. The highest BCUT2D eigenvalue weighted by Crippen LogP contribution is 2.18. The number of benzene rings is 1. The summed E-state index contributed by atoms with van der Waals surface area (Å²) in [5.74, 6) is 0.670. The van der Waals surface area contributed by atoms with E-state index in [1.54, 1.807) is 0 Å². The minimum atomic E-state index is 0.589. The third kappa shape index (κ3) is 5.10. The molecule has 1 nitrogen and oxygen atoms in total. The highest BCUT2D eigenvalue weighted by atomic mass is 35.5. The minimum Gasteiger partial charge on any atom is -0.314 e. The first-order valence-electron chi connectivity index (χ1n) is 6.62. The Kier molecular flexibility index (Phi) is 6.61. The lowest BCUT2D eigenvalue weighted by Gasteiger charge is -2.22. The van der Waals surface area contributed by atoms with E-state index < -0.39 is 0 Å². The van der Waals surface area contributed by atoms with Gasteiger partial charge in [-0.15, -0.1) is 0 Å². The molecule has 96 valence electrons. The van der Waals surface area contributed by atoms with E-state index in [-0.39, 0.29) is 0 Å². The SMILES string of the molecule is CCCNC(CCc1ccccc1Cl)C(C)C. The summed E-state index contributed by atoms with van der Waals surface area (Å²) >= 11 is 6.17. The average molecular weight is 254 g/mol. The molecule has 0 aliphatic carbocycles. The molecule has 0 spiro atoms. The molecule has 1 rings (SSSR count). The fourth-order valence-corrected chi connectivity index (χ4v) is 2.24. The fraction of sp³-hybridized carbons (Fsp3) is 0.600. The molecule has 1 unspecified atom stereocenters. The van der Waals surface area contributed by atoms with Crippen molar-refractivity contribution in [3.63, 3.8) is 0 Å². The summed E-state index contributed by atoms with van der Waals surface area (Å²) in [5, 5.41) is 4.51. The van der Waals surface area contributed by atoms with Crippen molar-refractivity contribution in [3.8, 4) is 0 Å². The van der Waals surface area contributed by atoms with Gasteiger partial charge in [-0.1, -0.05) is 50.6 Å². The fourth-order valence-electron chi connectivity index (χ4n) is 2.01. The van der Waals surface area contributed by atoms with E-state index in [2.05, 4.69) is 38.2 Å². The predicted octanol–water partition coefficient (Wildman–Crippen LogP) is 4.30. The largest absolute Gasteiger partial charge is 0.314 e. The molecule has 2 heteroatoms. The van der Waals surface area contributed by atoms with Crippen LogP contribution >= 0.6 is 11.6 Å². The van der Waals surface area contributed by atoms with Gasteiger partial charge in [0.2, 0.25) is 0 Å². The molecule has 0 amide bonds. The summed E-state index contributed by atoms with van der Waals surface area (Å²) in [5.41, 5.74) is 1.26. The maximum atomic E-state index is 6.17. The molecule has 0 heterocycles. The van der Waals surface area contributed by atoms with Crippen LogP contribution in [0.5, 0.6) is 0 Å². The smallest absolute Gasteiger partial charge is 0.0437 e. The molecule has 1 N–H and O–H groups in total. The number of rotatable bonds is 7. The van der Waals surface area contributed by atoms with Gasteiger partial charge in [-0.3, -0.25) is 0 Å². The summed E-state index contributed by atoms with van der Waals surface area (Å²) in [6.45, 7) is 7.86. The van der Waals surface area contributed by atoms with Gasteiger partial charge in [-0.2, -0.15) is 0 Å². The lowest BCUT2D eigenvalue weighted by molar-refractivity contribution is 0.378. The van der Waals surface area contributed by atoms with Gasteiger partial charge >= 0.3 is 0 Å². The van der Waals surface area contributed by atoms with Crippen LogP contribution in [-0.4, -0.2) is 12.6 Å². The molecule has 0 fully saturated rings. The molecule has 1 atom stereocenters. The molecule has 1 aromatic carbocycles. The van der Waals surface area contributed by atoms with Crippen LogP contribution in [0.4, 0.5) is 0 Å². The van der Waals surface area contributed by atoms with Gasteiger partial charge in [0.1, 0.15) is 0 Å². The van der Waals surface area contributed by atoms with Crippen LogP contribution in [0.3, 0.4) is 0 Å². The Morgan fingerprint density at radius 2 is 1.94 bits per heavy atom. The van der Waals surface area contributed by atoms with Gasteiger partial charge < -0.3 is 5.32 Å². The summed E-state index contributed by atoms with van der Waals surface area (Å²) in [4.78, 5) is 0. The summed E-state index contributed by atoms with van der Waals surface area (Å²) in [7, 11) is 0. The van der Waals surface area contributed by atoms with E-state index >= 15 is 0 Å². The van der Waals surface area contributed by atoms with E-state index in [0.29, 0.717) is 12.0 Å². The van der Waals surface area contributed by atoms with Crippen molar-refractivity contribution in [2.75, 3.05) is 6.54 Å². The number of nitrogens with one attached hydrogen (secondary N) is 1. The van der Waals surface area contributed by atoms with Crippen LogP contribution in [0.2, 0.25) is 5.02 Å². The third-order valence-corrected chi connectivity index (χ3v) is 3.51. The van der Waals surface area contributed by atoms with Crippen molar-refractivity contribution in [2.45, 2.75) is 46.1 Å². The minimum absolute atomic E-state index is 0.589. The van der Waals surface area contributed by atoms with Crippen LogP contribution in [-0.2, 0) is 6.42 Å². The standard InChI is InChI=1S/C15H24ClN/c1-4-11-17-15(12(2)3)10-9-13-7-5-6-8-14(13)16/h5-8,12,15,17H,4,9-11H2,1-3H3. The van der Waals surface area contributed by atoms with E-state index in [4.69, 9.17) is 11.6 Å². The second-order valence-corrected chi connectivity index (χ2v) is 5.34. The third-order valence-electron chi connectivity index (χ3n) is 3.14. The van der Waals surface area contributed by atoms with Gasteiger partial charge in [0, 0.05) is 11.1 Å². The number of hydrogen-bond donors (Lipinski definition) is 1. The van der Waals surface area contributed by atoms with E-state index in [1.807, 2.05) is 12.1 Å². The highest BCUT2D eigenvalue weighted by molar-refractivity contribution is 6.31. The van der Waals surface area contributed by atoms with Gasteiger partial charge in [0.25, 0.3) is 0 Å². The first kappa shape index (κ1) is 14.5. The molecule has 0 radical (unpaired) electrons. The van der Waals surface area contributed by atoms with E-state index in [1.165, 1.54) is 12.0 Å². The molecular formula is C15H24ClN. The lowest BCUT2D eigenvalue weighted by atomic mass is 9.96. The van der Waals surface area contributed by atoms with Crippen molar-refractivity contribution in [2.24, 2.45) is 5.92 Å². The average Bonchev–Trinajstić information content (AvgIpc) is 2.31. The maximum Gasteiger partial charge on any atom is 0.0437 e. The van der Waals surface area contributed by atoms with Crippen LogP contribution in [0.25, 0.3) is 0 Å². The van der Waals surface area contributed by atoms with E-state index in [0.717, 1.165) is 24.4 Å². The Morgan fingerprint density at radius 1 is 1.24 bits per heavy atom. The van der Waals surface area contributed by atoms with Crippen LogP contribution in [0, 0.1) is 5.92 Å². The lowest BCUT2D eigenvalue weighted by Crippen LogP contribution is -2.34. The van der Waals surface area contributed by atoms with Crippen LogP contribution in [0.1, 0.15) is 39.2 Å². The molecule has 0 aliphatic heterocycles. The van der Waals surface area contributed by atoms with Crippen molar-refractivity contribution in [1.82, 2.24) is 5.32 Å². The first-order chi connectivity index (χ1) is 8.15. The van der Waals surface area contributed by atoms with Gasteiger partial charge in [0.15, 0.2) is 0 Å². The normalized spacial score (nSPS) is 13.0. The molecular weight excluding hydrogens is 230 g/mol. The molecule has 1 aromatic rings. The van der Waals surface area contributed by atoms with Crippen molar-refractivity contribution in [1.29, 1.82) is 0 Å². The molecule has 0 bridgehead atoms. The van der Waals surface area contributed by atoms with E-state index in [9.17, 15) is 0 Å². The molecule has 0 aliphatic rings. The monoisotopic (exact) mass is 253 g/mol. The summed E-state index contributed by atoms with van der Waals surface area (Å²) in [6.07, 6.45) is 3.40. The second-order valence-electron chi connectivity index (χ2n) is 4.93. The Morgan fingerprint density at radius 3 is 2.53 bits per heavy atom. The van der Waals surface area contributed by atoms with Gasteiger partial charge in [-0.05, 0) is 43.4 Å².